The van der Waals surface area contributed by atoms with Gasteiger partial charge in [0.15, 0.2) is 0 Å². The molecule has 0 saturated carbocycles. The van der Waals surface area contributed by atoms with E-state index in [1.807, 2.05) is 42.0 Å². The van der Waals surface area contributed by atoms with Crippen LogP contribution >= 0.6 is 11.8 Å². The van der Waals surface area contributed by atoms with Gasteiger partial charge in [-0.05, 0) is 25.3 Å². The molecule has 5 nitrogen and oxygen atoms in total. The van der Waals surface area contributed by atoms with Gasteiger partial charge in [-0.25, -0.2) is 4.98 Å². The summed E-state index contributed by atoms with van der Waals surface area (Å²) in [7, 11) is 1.74. The molecule has 0 aliphatic heterocycles. The van der Waals surface area contributed by atoms with Crippen molar-refractivity contribution in [3.05, 3.63) is 30.1 Å². The quantitative estimate of drug-likeness (QED) is 0.821. The number of carbonyl (C=O) groups excluding carboxylic acids is 1. The molecule has 1 unspecified atom stereocenters. The average molecular weight is 316 g/mol. The Morgan fingerprint density at radius 1 is 1.50 bits per heavy atom. The van der Waals surface area contributed by atoms with Crippen LogP contribution < -0.4 is 0 Å². The molecular formula is C16H20N4OS. The zero-order chi connectivity index (χ0) is 16.1. The van der Waals surface area contributed by atoms with E-state index in [1.54, 1.807) is 23.7 Å². The van der Waals surface area contributed by atoms with Crippen LogP contribution in [0.25, 0.3) is 11.0 Å². The van der Waals surface area contributed by atoms with E-state index in [2.05, 4.69) is 11.1 Å². The lowest BCUT2D eigenvalue weighted by Gasteiger charge is -2.19. The van der Waals surface area contributed by atoms with Crippen molar-refractivity contribution in [2.24, 2.45) is 5.92 Å². The number of para-hydroxylation sites is 2. The molecule has 0 aliphatic rings. The van der Waals surface area contributed by atoms with Gasteiger partial charge < -0.3 is 9.47 Å². The van der Waals surface area contributed by atoms with Crippen molar-refractivity contribution in [1.82, 2.24) is 14.5 Å². The molecule has 0 bridgehead atoms. The molecule has 0 saturated heterocycles. The molecule has 0 fully saturated rings. The minimum Gasteiger partial charge on any atom is -0.343 e. The van der Waals surface area contributed by atoms with E-state index < -0.39 is 0 Å². The van der Waals surface area contributed by atoms with Gasteiger partial charge in [-0.3, -0.25) is 4.79 Å². The number of hydrogen-bond donors (Lipinski definition) is 0. The molecule has 1 heterocycles. The molecular weight excluding hydrogens is 296 g/mol. The van der Waals surface area contributed by atoms with Gasteiger partial charge in [0.2, 0.25) is 5.91 Å². The number of hydrogen-bond acceptors (Lipinski definition) is 4. The van der Waals surface area contributed by atoms with Gasteiger partial charge in [0.1, 0.15) is 12.4 Å². The number of thioether (sulfide) groups is 1. The standard InChI is InChI=1S/C16H20N4OS/c1-12(8-17)9-19(2)16(21)10-20-14-7-5-4-6-13(14)18-15(20)11-22-3/h4-7,12H,9-11H2,1-3H3. The summed E-state index contributed by atoms with van der Waals surface area (Å²) in [6.45, 7) is 2.51. The molecule has 1 aromatic heterocycles. The molecule has 2 aromatic rings. The Morgan fingerprint density at radius 3 is 2.91 bits per heavy atom. The van der Waals surface area contributed by atoms with Crippen molar-refractivity contribution in [2.75, 3.05) is 19.8 Å². The smallest absolute Gasteiger partial charge is 0.242 e. The van der Waals surface area contributed by atoms with Gasteiger partial charge in [0, 0.05) is 13.6 Å². The first-order valence-electron chi connectivity index (χ1n) is 7.13. The van der Waals surface area contributed by atoms with Gasteiger partial charge in [0.05, 0.1) is 28.8 Å². The molecule has 0 N–H and O–H groups in total. The summed E-state index contributed by atoms with van der Waals surface area (Å²) in [5.41, 5.74) is 1.88. The van der Waals surface area contributed by atoms with Crippen LogP contribution in [0.15, 0.2) is 24.3 Å². The highest BCUT2D eigenvalue weighted by molar-refractivity contribution is 7.97. The molecule has 1 aromatic carbocycles. The molecule has 22 heavy (non-hydrogen) atoms. The number of likely N-dealkylation sites (N-methyl/N-ethyl adjacent to an activating group) is 1. The third-order valence-electron chi connectivity index (χ3n) is 3.49. The maximum Gasteiger partial charge on any atom is 0.242 e. The summed E-state index contributed by atoms with van der Waals surface area (Å²) in [6.07, 6.45) is 2.02. The van der Waals surface area contributed by atoms with Gasteiger partial charge in [-0.2, -0.15) is 17.0 Å². The molecule has 1 atom stereocenters. The number of carbonyl (C=O) groups is 1. The SMILES string of the molecule is CSCc1nc2ccccc2n1CC(=O)N(C)CC(C)C#N. The number of benzene rings is 1. The van der Waals surface area contributed by atoms with E-state index in [0.29, 0.717) is 6.54 Å². The third-order valence-corrected chi connectivity index (χ3v) is 4.04. The van der Waals surface area contributed by atoms with Crippen LogP contribution in [0.3, 0.4) is 0 Å². The zero-order valence-corrected chi connectivity index (χ0v) is 13.9. The van der Waals surface area contributed by atoms with Crippen LogP contribution in [0.1, 0.15) is 12.7 Å². The summed E-state index contributed by atoms with van der Waals surface area (Å²) in [5, 5.41) is 8.87. The second-order valence-corrected chi connectivity index (χ2v) is 6.21. The van der Waals surface area contributed by atoms with Gasteiger partial charge in [-0.15, -0.1) is 0 Å². The number of nitriles is 1. The lowest BCUT2D eigenvalue weighted by atomic mass is 10.2. The Morgan fingerprint density at radius 2 is 2.23 bits per heavy atom. The Balaban J connectivity index is 2.24. The largest absolute Gasteiger partial charge is 0.343 e. The molecule has 0 radical (unpaired) electrons. The second kappa shape index (κ2) is 7.32. The number of aromatic nitrogens is 2. The summed E-state index contributed by atoms with van der Waals surface area (Å²) in [5.74, 6) is 1.50. The van der Waals surface area contributed by atoms with Crippen LogP contribution in [0.4, 0.5) is 0 Å². The number of nitrogens with zero attached hydrogens (tertiary/aromatic N) is 4. The van der Waals surface area contributed by atoms with E-state index in [-0.39, 0.29) is 18.4 Å². The van der Waals surface area contributed by atoms with Crippen molar-refractivity contribution in [3.8, 4) is 6.07 Å². The Kier molecular flexibility index (Phi) is 5.45. The number of fused-ring (bicyclic) bond motifs is 1. The van der Waals surface area contributed by atoms with Crippen LogP contribution in [-0.2, 0) is 17.1 Å². The second-order valence-electron chi connectivity index (χ2n) is 5.34. The highest BCUT2D eigenvalue weighted by Gasteiger charge is 2.17. The Bertz CT molecular complexity index is 704. The van der Waals surface area contributed by atoms with Crippen molar-refractivity contribution in [3.63, 3.8) is 0 Å². The number of rotatable bonds is 6. The van der Waals surface area contributed by atoms with Gasteiger partial charge in [-0.1, -0.05) is 12.1 Å². The van der Waals surface area contributed by atoms with E-state index >= 15 is 0 Å². The minimum atomic E-state index is -0.167. The summed E-state index contributed by atoms with van der Waals surface area (Å²) >= 11 is 1.68. The highest BCUT2D eigenvalue weighted by Crippen LogP contribution is 2.19. The third kappa shape index (κ3) is 3.60. The number of amides is 1. The summed E-state index contributed by atoms with van der Waals surface area (Å²) in [4.78, 5) is 18.7. The average Bonchev–Trinajstić information content (AvgIpc) is 2.85. The predicted molar refractivity (Wildman–Crippen MR) is 89.4 cm³/mol. The Hall–Kier alpha value is -2.00. The van der Waals surface area contributed by atoms with Crippen LogP contribution in [0, 0.1) is 17.2 Å². The lowest BCUT2D eigenvalue weighted by molar-refractivity contribution is -0.130. The van der Waals surface area contributed by atoms with Crippen LogP contribution in [-0.4, -0.2) is 40.2 Å². The van der Waals surface area contributed by atoms with E-state index in [9.17, 15) is 4.79 Å². The van der Waals surface area contributed by atoms with Gasteiger partial charge in [0.25, 0.3) is 0 Å². The highest BCUT2D eigenvalue weighted by atomic mass is 32.2. The molecule has 6 heteroatoms. The maximum atomic E-state index is 12.4. The molecule has 0 aliphatic carbocycles. The molecule has 0 spiro atoms. The van der Waals surface area contributed by atoms with Crippen LogP contribution in [0.5, 0.6) is 0 Å². The first kappa shape index (κ1) is 16.4. The first-order chi connectivity index (χ1) is 10.6. The summed E-state index contributed by atoms with van der Waals surface area (Å²) in [6, 6.07) is 10.0. The van der Waals surface area contributed by atoms with Crippen molar-refractivity contribution in [1.29, 1.82) is 5.26 Å². The first-order valence-corrected chi connectivity index (χ1v) is 8.52. The predicted octanol–water partition coefficient (Wildman–Crippen LogP) is 2.52. The molecule has 1 amide bonds. The fraction of sp³-hybridized carbons (Fsp3) is 0.438. The van der Waals surface area contributed by atoms with Gasteiger partial charge >= 0.3 is 0 Å². The zero-order valence-electron chi connectivity index (χ0n) is 13.1. The topological polar surface area (TPSA) is 61.9 Å². The summed E-state index contributed by atoms with van der Waals surface area (Å²) < 4.78 is 1.97. The van der Waals surface area contributed by atoms with Crippen molar-refractivity contribution >= 4 is 28.7 Å². The van der Waals surface area contributed by atoms with E-state index in [1.165, 1.54) is 0 Å². The normalized spacial score (nSPS) is 12.1. The minimum absolute atomic E-state index is 0.00685. The molecule has 2 rings (SSSR count). The fourth-order valence-electron chi connectivity index (χ4n) is 2.35. The monoisotopic (exact) mass is 316 g/mol. The number of imidazole rings is 1. The molecule has 116 valence electrons. The van der Waals surface area contributed by atoms with Crippen molar-refractivity contribution < 1.29 is 4.79 Å². The Labute approximate surface area is 134 Å². The fourth-order valence-corrected chi connectivity index (χ4v) is 2.83. The van der Waals surface area contributed by atoms with E-state index in [0.717, 1.165) is 22.6 Å². The van der Waals surface area contributed by atoms with E-state index in [4.69, 9.17) is 5.26 Å². The lowest BCUT2D eigenvalue weighted by Crippen LogP contribution is -2.33. The van der Waals surface area contributed by atoms with Crippen molar-refractivity contribution in [2.45, 2.75) is 19.2 Å². The maximum absolute atomic E-state index is 12.4. The van der Waals surface area contributed by atoms with Crippen LogP contribution in [0.2, 0.25) is 0 Å².